The average molecular weight is 541 g/mol. The smallest absolute Gasteiger partial charge is 0.383 e. The highest BCUT2D eigenvalue weighted by molar-refractivity contribution is 6.31. The summed E-state index contributed by atoms with van der Waals surface area (Å²) < 4.78 is 41.8. The molecule has 2 heterocycles. The quantitative estimate of drug-likeness (QED) is 0.355. The highest BCUT2D eigenvalue weighted by Gasteiger charge is 2.34. The third kappa shape index (κ3) is 6.93. The van der Waals surface area contributed by atoms with Gasteiger partial charge < -0.3 is 10.6 Å². The number of hydrogen-bond acceptors (Lipinski definition) is 5. The van der Waals surface area contributed by atoms with E-state index in [4.69, 9.17) is 17.3 Å². The Bertz CT molecular complexity index is 1400. The molecule has 198 valence electrons. The van der Waals surface area contributed by atoms with Gasteiger partial charge in [-0.3, -0.25) is 9.69 Å². The number of halogens is 4. The second-order valence-electron chi connectivity index (χ2n) is 9.56. The van der Waals surface area contributed by atoms with Crippen molar-refractivity contribution in [2.45, 2.75) is 26.1 Å². The predicted octanol–water partition coefficient (Wildman–Crippen LogP) is 5.22. The molecule has 2 N–H and O–H groups in total. The third-order valence-electron chi connectivity index (χ3n) is 6.51. The van der Waals surface area contributed by atoms with E-state index in [2.05, 4.69) is 21.7 Å². The molecule has 0 unspecified atom stereocenters. The molecule has 0 atom stereocenters. The lowest BCUT2D eigenvalue weighted by Gasteiger charge is -2.33. The van der Waals surface area contributed by atoms with E-state index in [1.807, 2.05) is 18.9 Å². The van der Waals surface area contributed by atoms with Crippen LogP contribution in [-0.4, -0.2) is 53.8 Å². The molecule has 0 bridgehead atoms. The van der Waals surface area contributed by atoms with Crippen LogP contribution in [-0.2, 0) is 19.1 Å². The molecule has 9 heteroatoms. The number of alkyl halides is 3. The van der Waals surface area contributed by atoms with Gasteiger partial charge in [-0.25, -0.2) is 4.98 Å². The van der Waals surface area contributed by atoms with Gasteiger partial charge in [-0.05, 0) is 61.0 Å². The number of piperazine rings is 1. The number of rotatable bonds is 5. The molecule has 1 aromatic heterocycles. The fourth-order valence-corrected chi connectivity index (χ4v) is 4.44. The SMILES string of the molecule is Cc1cnc(N)c(C#Cc2cc(C(=O)Cc3ccc(CN4CCN(C)CC4)c(C(F)(F)F)c3)ccc2Cl)c1. The summed E-state index contributed by atoms with van der Waals surface area (Å²) in [4.78, 5) is 21.3. The summed E-state index contributed by atoms with van der Waals surface area (Å²) >= 11 is 6.28. The van der Waals surface area contributed by atoms with Crippen LogP contribution in [0.3, 0.4) is 0 Å². The fourth-order valence-electron chi connectivity index (χ4n) is 4.28. The van der Waals surface area contributed by atoms with Crippen molar-refractivity contribution in [2.75, 3.05) is 39.0 Å². The Morgan fingerprint density at radius 3 is 2.47 bits per heavy atom. The van der Waals surface area contributed by atoms with Gasteiger partial charge in [-0.1, -0.05) is 35.6 Å². The van der Waals surface area contributed by atoms with E-state index in [1.54, 1.807) is 36.5 Å². The summed E-state index contributed by atoms with van der Waals surface area (Å²) in [5, 5.41) is 0.348. The van der Waals surface area contributed by atoms with E-state index in [0.717, 1.165) is 24.7 Å². The van der Waals surface area contributed by atoms with Crippen LogP contribution >= 0.6 is 11.6 Å². The van der Waals surface area contributed by atoms with Gasteiger partial charge in [0, 0.05) is 56.5 Å². The first-order valence-corrected chi connectivity index (χ1v) is 12.5. The molecule has 0 amide bonds. The number of nitrogen functional groups attached to an aromatic ring is 1. The van der Waals surface area contributed by atoms with E-state index in [1.165, 1.54) is 6.07 Å². The summed E-state index contributed by atoms with van der Waals surface area (Å²) in [5.74, 6) is 5.80. The lowest BCUT2D eigenvalue weighted by molar-refractivity contribution is -0.138. The van der Waals surface area contributed by atoms with Gasteiger partial charge in [0.25, 0.3) is 0 Å². The number of benzene rings is 2. The summed E-state index contributed by atoms with van der Waals surface area (Å²) in [5.41, 5.74) is 7.85. The number of nitrogens with two attached hydrogens (primary N) is 1. The molecule has 1 saturated heterocycles. The molecular weight excluding hydrogens is 513 g/mol. The number of carbonyl (C=O) groups is 1. The van der Waals surface area contributed by atoms with Crippen molar-refractivity contribution in [3.05, 3.63) is 92.6 Å². The van der Waals surface area contributed by atoms with Crippen LogP contribution in [0.15, 0.2) is 48.7 Å². The predicted molar refractivity (Wildman–Crippen MR) is 143 cm³/mol. The van der Waals surface area contributed by atoms with Crippen LogP contribution in [0.4, 0.5) is 19.0 Å². The average Bonchev–Trinajstić information content (AvgIpc) is 2.87. The number of aromatic nitrogens is 1. The van der Waals surface area contributed by atoms with E-state index in [-0.39, 0.29) is 30.1 Å². The van der Waals surface area contributed by atoms with Crippen LogP contribution in [0.2, 0.25) is 5.02 Å². The Morgan fingerprint density at radius 2 is 1.76 bits per heavy atom. The summed E-state index contributed by atoms with van der Waals surface area (Å²) in [6.45, 7) is 5.14. The molecule has 5 nitrogen and oxygen atoms in total. The van der Waals surface area contributed by atoms with Gasteiger partial charge in [-0.15, -0.1) is 0 Å². The summed E-state index contributed by atoms with van der Waals surface area (Å²) in [6.07, 6.45) is -3.06. The third-order valence-corrected chi connectivity index (χ3v) is 6.84. The molecule has 0 spiro atoms. The van der Waals surface area contributed by atoms with Gasteiger partial charge >= 0.3 is 6.18 Å². The van der Waals surface area contributed by atoms with Crippen molar-refractivity contribution in [3.8, 4) is 11.8 Å². The van der Waals surface area contributed by atoms with Crippen molar-refractivity contribution in [1.82, 2.24) is 14.8 Å². The first kappa shape index (κ1) is 27.6. The number of carbonyl (C=O) groups excluding carboxylic acids is 1. The Balaban J connectivity index is 1.54. The molecule has 4 rings (SSSR count). The van der Waals surface area contributed by atoms with Gasteiger partial charge in [0.05, 0.1) is 16.1 Å². The Labute approximate surface area is 225 Å². The lowest BCUT2D eigenvalue weighted by atomic mass is 9.97. The van der Waals surface area contributed by atoms with Gasteiger partial charge in [0.2, 0.25) is 0 Å². The molecule has 0 radical (unpaired) electrons. The monoisotopic (exact) mass is 540 g/mol. The van der Waals surface area contributed by atoms with Gasteiger partial charge in [-0.2, -0.15) is 13.2 Å². The number of anilines is 1. The fraction of sp³-hybridized carbons (Fsp3) is 0.310. The minimum Gasteiger partial charge on any atom is -0.383 e. The number of aryl methyl sites for hydroxylation is 1. The number of nitrogens with zero attached hydrogens (tertiary/aromatic N) is 3. The number of Topliss-reactive ketones (excluding diaryl/α,β-unsaturated/α-hetero) is 1. The Kier molecular flexibility index (Phi) is 8.41. The van der Waals surface area contributed by atoms with E-state index in [9.17, 15) is 18.0 Å². The first-order chi connectivity index (χ1) is 18.0. The maximum absolute atomic E-state index is 13.9. The van der Waals surface area contributed by atoms with Gasteiger partial charge in [0.15, 0.2) is 5.78 Å². The second-order valence-corrected chi connectivity index (χ2v) is 9.97. The zero-order valence-electron chi connectivity index (χ0n) is 21.2. The zero-order chi connectivity index (χ0) is 27.4. The highest BCUT2D eigenvalue weighted by atomic mass is 35.5. The number of ketones is 1. The molecule has 1 aliphatic rings. The van der Waals surface area contributed by atoms with Crippen LogP contribution in [0.1, 0.15) is 43.7 Å². The van der Waals surface area contributed by atoms with Crippen molar-refractivity contribution >= 4 is 23.2 Å². The van der Waals surface area contributed by atoms with Crippen molar-refractivity contribution in [2.24, 2.45) is 0 Å². The number of likely N-dealkylation sites (N-methyl/N-ethyl adjacent to an activating group) is 1. The largest absolute Gasteiger partial charge is 0.416 e. The minimum absolute atomic E-state index is 0.179. The van der Waals surface area contributed by atoms with Crippen LogP contribution in [0, 0.1) is 18.8 Å². The second kappa shape index (κ2) is 11.6. The van der Waals surface area contributed by atoms with E-state index in [0.29, 0.717) is 40.4 Å². The topological polar surface area (TPSA) is 62.5 Å². The summed E-state index contributed by atoms with van der Waals surface area (Å²) in [7, 11) is 2.00. The van der Waals surface area contributed by atoms with Crippen LogP contribution < -0.4 is 5.73 Å². The highest BCUT2D eigenvalue weighted by Crippen LogP contribution is 2.34. The standard InChI is InChI=1S/C29H28ClF3N4O/c1-19-13-23(28(34)35-17-19)6-5-21-16-22(7-8-26(21)30)27(38)15-20-3-4-24(25(14-20)29(31,32)33)18-37-11-9-36(2)10-12-37/h3-4,7-8,13-14,16-17H,9-12,15,18H2,1-2H3,(H2,34,35). The normalized spacial score (nSPS) is 14.7. The molecule has 1 fully saturated rings. The lowest BCUT2D eigenvalue weighted by Crippen LogP contribution is -2.44. The van der Waals surface area contributed by atoms with Crippen LogP contribution in [0.5, 0.6) is 0 Å². The molecule has 0 aliphatic carbocycles. The number of pyridine rings is 1. The van der Waals surface area contributed by atoms with Crippen molar-refractivity contribution < 1.29 is 18.0 Å². The van der Waals surface area contributed by atoms with Crippen molar-refractivity contribution in [3.63, 3.8) is 0 Å². The number of hydrogen-bond donors (Lipinski definition) is 1. The van der Waals surface area contributed by atoms with Crippen LogP contribution in [0.25, 0.3) is 0 Å². The first-order valence-electron chi connectivity index (χ1n) is 12.2. The molecule has 38 heavy (non-hydrogen) atoms. The van der Waals surface area contributed by atoms with E-state index < -0.39 is 11.7 Å². The summed E-state index contributed by atoms with van der Waals surface area (Å²) in [6, 6.07) is 10.6. The molecule has 0 saturated carbocycles. The molecule has 2 aromatic carbocycles. The molecular formula is C29H28ClF3N4O. The maximum atomic E-state index is 13.9. The molecule has 1 aliphatic heterocycles. The Morgan fingerprint density at radius 1 is 1.05 bits per heavy atom. The molecule has 3 aromatic rings. The van der Waals surface area contributed by atoms with Gasteiger partial charge in [0.1, 0.15) is 5.82 Å². The Hall–Kier alpha value is -3.38. The minimum atomic E-state index is -4.52. The van der Waals surface area contributed by atoms with E-state index >= 15 is 0 Å². The van der Waals surface area contributed by atoms with Crippen molar-refractivity contribution in [1.29, 1.82) is 0 Å². The maximum Gasteiger partial charge on any atom is 0.416 e. The zero-order valence-corrected chi connectivity index (χ0v) is 22.0.